The molecule has 0 saturated carbocycles. The molecule has 9 nitrogen and oxygen atoms in total. The predicted octanol–water partition coefficient (Wildman–Crippen LogP) is 1.59. The Balaban J connectivity index is 1.49. The van der Waals surface area contributed by atoms with E-state index >= 15 is 0 Å². The van der Waals surface area contributed by atoms with Crippen LogP contribution in [0.1, 0.15) is 0 Å². The average Bonchev–Trinajstić information content (AvgIpc) is 3.32. The number of para-hydroxylation sites is 2. The molecule has 1 aromatic carbocycles. The molecule has 0 aliphatic rings. The van der Waals surface area contributed by atoms with Crippen LogP contribution in [0.25, 0.3) is 10.7 Å². The second-order valence-electron chi connectivity index (χ2n) is 5.03. The Labute approximate surface area is 152 Å². The van der Waals surface area contributed by atoms with Gasteiger partial charge in [-0.15, -0.1) is 21.5 Å². The van der Waals surface area contributed by atoms with Gasteiger partial charge in [-0.25, -0.2) is 4.79 Å². The molecule has 1 amide bonds. The van der Waals surface area contributed by atoms with Gasteiger partial charge < -0.3 is 14.8 Å². The molecule has 0 fully saturated rings. The number of amides is 1. The molecule has 0 radical (unpaired) electrons. The van der Waals surface area contributed by atoms with E-state index in [0.717, 1.165) is 9.67 Å². The molecule has 10 heteroatoms. The minimum absolute atomic E-state index is 0.236. The van der Waals surface area contributed by atoms with Crippen molar-refractivity contribution in [2.24, 2.45) is 0 Å². The maximum Gasteiger partial charge on any atom is 0.330 e. The van der Waals surface area contributed by atoms with Crippen LogP contribution in [0.5, 0.6) is 5.75 Å². The van der Waals surface area contributed by atoms with Gasteiger partial charge >= 0.3 is 5.97 Å². The molecule has 134 valence electrons. The van der Waals surface area contributed by atoms with Crippen LogP contribution in [0, 0.1) is 0 Å². The Morgan fingerprint density at radius 3 is 2.85 bits per heavy atom. The number of carbonyl (C=O) groups excluding carboxylic acids is 2. The highest BCUT2D eigenvalue weighted by molar-refractivity contribution is 7.13. The van der Waals surface area contributed by atoms with Crippen molar-refractivity contribution in [2.45, 2.75) is 6.54 Å². The SMILES string of the molecule is COc1ccccc1NC(=O)COC(=O)Cn1nnc(-c2cccs2)n1. The lowest BCUT2D eigenvalue weighted by Crippen LogP contribution is -2.23. The number of aromatic nitrogens is 4. The summed E-state index contributed by atoms with van der Waals surface area (Å²) < 4.78 is 10.1. The smallest absolute Gasteiger partial charge is 0.330 e. The van der Waals surface area contributed by atoms with Crippen molar-refractivity contribution < 1.29 is 19.1 Å². The molecule has 1 N–H and O–H groups in total. The Morgan fingerprint density at radius 1 is 1.23 bits per heavy atom. The number of benzene rings is 1. The van der Waals surface area contributed by atoms with Crippen molar-refractivity contribution in [3.63, 3.8) is 0 Å². The van der Waals surface area contributed by atoms with Crippen molar-refractivity contribution in [1.82, 2.24) is 20.2 Å². The van der Waals surface area contributed by atoms with Gasteiger partial charge in [-0.3, -0.25) is 4.79 Å². The summed E-state index contributed by atoms with van der Waals surface area (Å²) in [6.07, 6.45) is 0. The van der Waals surface area contributed by atoms with Gasteiger partial charge in [0.25, 0.3) is 5.91 Å². The Kier molecular flexibility index (Phi) is 5.54. The van der Waals surface area contributed by atoms with E-state index in [4.69, 9.17) is 9.47 Å². The van der Waals surface area contributed by atoms with Gasteiger partial charge in [-0.05, 0) is 28.8 Å². The molecule has 0 bridgehead atoms. The summed E-state index contributed by atoms with van der Waals surface area (Å²) in [6, 6.07) is 10.7. The van der Waals surface area contributed by atoms with Crippen LogP contribution >= 0.6 is 11.3 Å². The quantitative estimate of drug-likeness (QED) is 0.627. The summed E-state index contributed by atoms with van der Waals surface area (Å²) >= 11 is 1.47. The van der Waals surface area contributed by atoms with Crippen molar-refractivity contribution in [3.05, 3.63) is 41.8 Å². The molecule has 0 aliphatic carbocycles. The summed E-state index contributed by atoms with van der Waals surface area (Å²) in [6.45, 7) is -0.663. The van der Waals surface area contributed by atoms with Crippen LogP contribution in [-0.4, -0.2) is 45.8 Å². The lowest BCUT2D eigenvalue weighted by Gasteiger charge is -2.09. The standard InChI is InChI=1S/C16H15N5O4S/c1-24-12-6-3-2-5-11(12)17-14(22)10-25-15(23)9-21-19-16(18-20-21)13-7-4-8-26-13/h2-8H,9-10H2,1H3,(H,17,22). The highest BCUT2D eigenvalue weighted by Gasteiger charge is 2.13. The second kappa shape index (κ2) is 8.21. The number of nitrogens with zero attached hydrogens (tertiary/aromatic N) is 4. The van der Waals surface area contributed by atoms with Crippen LogP contribution in [0.4, 0.5) is 5.69 Å². The van der Waals surface area contributed by atoms with E-state index in [1.807, 2.05) is 17.5 Å². The van der Waals surface area contributed by atoms with Crippen molar-refractivity contribution in [1.29, 1.82) is 0 Å². The van der Waals surface area contributed by atoms with Crippen LogP contribution in [0.2, 0.25) is 0 Å². The first kappa shape index (κ1) is 17.5. The summed E-state index contributed by atoms with van der Waals surface area (Å²) in [5.41, 5.74) is 0.495. The zero-order valence-electron chi connectivity index (χ0n) is 13.8. The van der Waals surface area contributed by atoms with Crippen LogP contribution in [0.3, 0.4) is 0 Å². The van der Waals surface area contributed by atoms with Crippen LogP contribution in [0.15, 0.2) is 41.8 Å². The number of carbonyl (C=O) groups is 2. The van der Waals surface area contributed by atoms with E-state index in [-0.39, 0.29) is 6.54 Å². The van der Waals surface area contributed by atoms with E-state index in [1.165, 1.54) is 18.4 Å². The maximum absolute atomic E-state index is 11.9. The number of rotatable bonds is 7. The lowest BCUT2D eigenvalue weighted by atomic mass is 10.3. The average molecular weight is 373 g/mol. The number of nitrogens with one attached hydrogen (secondary N) is 1. The summed E-state index contributed by atoms with van der Waals surface area (Å²) in [4.78, 5) is 25.7. The molecule has 3 rings (SSSR count). The first-order valence-electron chi connectivity index (χ1n) is 7.56. The Morgan fingerprint density at radius 2 is 2.08 bits per heavy atom. The van der Waals surface area contributed by atoms with Crippen molar-refractivity contribution in [3.8, 4) is 16.5 Å². The molecule has 26 heavy (non-hydrogen) atoms. The molecular formula is C16H15N5O4S. The van der Waals surface area contributed by atoms with E-state index in [1.54, 1.807) is 24.3 Å². The maximum atomic E-state index is 11.9. The number of thiophene rings is 1. The predicted molar refractivity (Wildman–Crippen MR) is 93.7 cm³/mol. The fraction of sp³-hybridized carbons (Fsp3) is 0.188. The van der Waals surface area contributed by atoms with Crippen LogP contribution < -0.4 is 10.1 Å². The number of hydrogen-bond donors (Lipinski definition) is 1. The zero-order valence-corrected chi connectivity index (χ0v) is 14.6. The lowest BCUT2D eigenvalue weighted by molar-refractivity contribution is -0.148. The first-order valence-corrected chi connectivity index (χ1v) is 8.44. The second-order valence-corrected chi connectivity index (χ2v) is 5.98. The van der Waals surface area contributed by atoms with Gasteiger partial charge in [0.1, 0.15) is 5.75 Å². The van der Waals surface area contributed by atoms with Crippen LogP contribution in [-0.2, 0) is 20.9 Å². The topological polar surface area (TPSA) is 108 Å². The number of ether oxygens (including phenoxy) is 2. The molecule has 0 saturated heterocycles. The molecule has 0 spiro atoms. The fourth-order valence-electron chi connectivity index (χ4n) is 2.06. The number of hydrogen-bond acceptors (Lipinski definition) is 8. The van der Waals surface area contributed by atoms with Gasteiger partial charge in [0, 0.05) is 0 Å². The van der Waals surface area contributed by atoms with Crippen molar-refractivity contribution in [2.75, 3.05) is 19.0 Å². The summed E-state index contributed by atoms with van der Waals surface area (Å²) in [7, 11) is 1.50. The van der Waals surface area contributed by atoms with Gasteiger partial charge in [0.2, 0.25) is 5.82 Å². The normalized spacial score (nSPS) is 10.3. The minimum Gasteiger partial charge on any atom is -0.495 e. The number of tetrazole rings is 1. The molecule has 2 heterocycles. The number of anilines is 1. The monoisotopic (exact) mass is 373 g/mol. The van der Waals surface area contributed by atoms with E-state index in [0.29, 0.717) is 17.3 Å². The third kappa shape index (κ3) is 4.42. The molecule has 3 aromatic rings. The number of esters is 1. The molecule has 2 aromatic heterocycles. The Bertz CT molecular complexity index is 894. The van der Waals surface area contributed by atoms with Gasteiger partial charge in [-0.1, -0.05) is 18.2 Å². The molecule has 0 aliphatic heterocycles. The third-order valence-corrected chi connectivity index (χ3v) is 4.08. The summed E-state index contributed by atoms with van der Waals surface area (Å²) in [5.74, 6) is -0.175. The summed E-state index contributed by atoms with van der Waals surface area (Å²) in [5, 5.41) is 16.3. The molecular weight excluding hydrogens is 358 g/mol. The third-order valence-electron chi connectivity index (χ3n) is 3.21. The molecule has 0 unspecified atom stereocenters. The molecule has 0 atom stereocenters. The van der Waals surface area contributed by atoms with Gasteiger partial charge in [-0.2, -0.15) is 4.80 Å². The largest absolute Gasteiger partial charge is 0.495 e. The van der Waals surface area contributed by atoms with E-state index in [2.05, 4.69) is 20.7 Å². The highest BCUT2D eigenvalue weighted by Crippen LogP contribution is 2.22. The van der Waals surface area contributed by atoms with E-state index < -0.39 is 18.5 Å². The first-order chi connectivity index (χ1) is 12.7. The number of methoxy groups -OCH3 is 1. The van der Waals surface area contributed by atoms with Gasteiger partial charge in [0.05, 0.1) is 17.7 Å². The van der Waals surface area contributed by atoms with Gasteiger partial charge in [0.15, 0.2) is 13.2 Å². The fourth-order valence-corrected chi connectivity index (χ4v) is 2.70. The minimum atomic E-state index is -0.643. The highest BCUT2D eigenvalue weighted by atomic mass is 32.1. The Hall–Kier alpha value is -3.27. The van der Waals surface area contributed by atoms with Crippen molar-refractivity contribution >= 4 is 28.9 Å². The van der Waals surface area contributed by atoms with E-state index in [9.17, 15) is 9.59 Å². The zero-order chi connectivity index (χ0) is 18.4.